The van der Waals surface area contributed by atoms with Gasteiger partial charge in [0.05, 0.1) is 13.0 Å². The summed E-state index contributed by atoms with van der Waals surface area (Å²) >= 11 is 0. The number of carbonyl (C=O) groups excluding carboxylic acids is 2. The standard InChI is InChI=1S/C12H13NO4/c14-10(6-7-11(15)16)8-13-12(17)9-4-2-1-3-5-9/h1-5H,6-8H2,(H,13,17)(H,15,16). The van der Waals surface area contributed by atoms with E-state index in [2.05, 4.69) is 5.32 Å². The van der Waals surface area contributed by atoms with E-state index in [0.29, 0.717) is 5.56 Å². The molecule has 0 aliphatic rings. The molecule has 1 amide bonds. The maximum Gasteiger partial charge on any atom is 0.303 e. The molecule has 17 heavy (non-hydrogen) atoms. The van der Waals surface area contributed by atoms with Crippen LogP contribution in [0.5, 0.6) is 0 Å². The van der Waals surface area contributed by atoms with Crippen LogP contribution in [-0.2, 0) is 9.59 Å². The molecule has 5 nitrogen and oxygen atoms in total. The van der Waals surface area contributed by atoms with Crippen molar-refractivity contribution in [1.29, 1.82) is 0 Å². The van der Waals surface area contributed by atoms with Crippen molar-refractivity contribution in [3.05, 3.63) is 35.9 Å². The third-order valence-electron chi connectivity index (χ3n) is 2.10. The van der Waals surface area contributed by atoms with Crippen molar-refractivity contribution in [3.8, 4) is 0 Å². The van der Waals surface area contributed by atoms with Gasteiger partial charge in [-0.05, 0) is 12.1 Å². The summed E-state index contributed by atoms with van der Waals surface area (Å²) in [5.74, 6) is -1.65. The molecule has 0 unspecified atom stereocenters. The van der Waals surface area contributed by atoms with E-state index in [1.807, 2.05) is 0 Å². The van der Waals surface area contributed by atoms with Crippen molar-refractivity contribution < 1.29 is 19.5 Å². The number of hydrogen-bond donors (Lipinski definition) is 2. The van der Waals surface area contributed by atoms with Crippen LogP contribution in [0.15, 0.2) is 30.3 Å². The molecule has 0 aliphatic carbocycles. The molecule has 0 spiro atoms. The average Bonchev–Trinajstić information content (AvgIpc) is 2.34. The maximum atomic E-state index is 11.5. The highest BCUT2D eigenvalue weighted by Crippen LogP contribution is 1.98. The number of ketones is 1. The predicted molar refractivity (Wildman–Crippen MR) is 60.7 cm³/mol. The van der Waals surface area contributed by atoms with Crippen LogP contribution in [0.1, 0.15) is 23.2 Å². The molecule has 90 valence electrons. The minimum atomic E-state index is -1.02. The molecule has 0 aliphatic heterocycles. The second kappa shape index (κ2) is 6.42. The number of Topliss-reactive ketones (excluding diaryl/α,β-unsaturated/α-hetero) is 1. The normalized spacial score (nSPS) is 9.65. The molecule has 0 saturated heterocycles. The van der Waals surface area contributed by atoms with E-state index in [4.69, 9.17) is 5.11 Å². The molecule has 0 aromatic heterocycles. The summed E-state index contributed by atoms with van der Waals surface area (Å²) in [5.41, 5.74) is 0.471. The van der Waals surface area contributed by atoms with Crippen molar-refractivity contribution >= 4 is 17.7 Å². The minimum Gasteiger partial charge on any atom is -0.481 e. The van der Waals surface area contributed by atoms with Crippen LogP contribution < -0.4 is 5.32 Å². The van der Waals surface area contributed by atoms with E-state index in [-0.39, 0.29) is 31.1 Å². The van der Waals surface area contributed by atoms with E-state index in [0.717, 1.165) is 0 Å². The summed E-state index contributed by atoms with van der Waals surface area (Å²) in [6, 6.07) is 8.51. The van der Waals surface area contributed by atoms with Crippen molar-refractivity contribution in [2.45, 2.75) is 12.8 Å². The second-order valence-electron chi connectivity index (χ2n) is 3.48. The molecule has 1 aromatic rings. The van der Waals surface area contributed by atoms with Crippen LogP contribution in [0.3, 0.4) is 0 Å². The Labute approximate surface area is 98.4 Å². The Morgan fingerprint density at radius 1 is 1.06 bits per heavy atom. The van der Waals surface area contributed by atoms with Crippen LogP contribution in [0.25, 0.3) is 0 Å². The van der Waals surface area contributed by atoms with Gasteiger partial charge in [0.25, 0.3) is 5.91 Å². The second-order valence-corrected chi connectivity index (χ2v) is 3.48. The van der Waals surface area contributed by atoms with E-state index in [1.54, 1.807) is 30.3 Å². The van der Waals surface area contributed by atoms with E-state index in [9.17, 15) is 14.4 Å². The summed E-state index contributed by atoms with van der Waals surface area (Å²) in [6.45, 7) is -0.138. The van der Waals surface area contributed by atoms with E-state index >= 15 is 0 Å². The number of amides is 1. The molecule has 0 heterocycles. The first-order valence-electron chi connectivity index (χ1n) is 5.16. The quantitative estimate of drug-likeness (QED) is 0.765. The number of nitrogens with one attached hydrogen (secondary N) is 1. The molecule has 0 bridgehead atoms. The number of rotatable bonds is 6. The van der Waals surface area contributed by atoms with Crippen LogP contribution in [-0.4, -0.2) is 29.3 Å². The number of aliphatic carboxylic acids is 1. The van der Waals surface area contributed by atoms with Gasteiger partial charge in [0.15, 0.2) is 5.78 Å². The molecule has 1 aromatic carbocycles. The Kier molecular flexibility index (Phi) is 4.87. The molecule has 0 radical (unpaired) electrons. The van der Waals surface area contributed by atoms with Gasteiger partial charge in [0.2, 0.25) is 0 Å². The Hall–Kier alpha value is -2.17. The summed E-state index contributed by atoms with van der Waals surface area (Å²) in [4.78, 5) is 32.9. The largest absolute Gasteiger partial charge is 0.481 e. The fourth-order valence-corrected chi connectivity index (χ4v) is 1.21. The number of carboxylic acid groups (broad SMARTS) is 1. The van der Waals surface area contributed by atoms with Gasteiger partial charge in [-0.15, -0.1) is 0 Å². The molecule has 0 saturated carbocycles. The first kappa shape index (κ1) is 12.9. The van der Waals surface area contributed by atoms with Crippen LogP contribution in [0.2, 0.25) is 0 Å². The van der Waals surface area contributed by atoms with Gasteiger partial charge in [-0.1, -0.05) is 18.2 Å². The molecular formula is C12H13NO4. The van der Waals surface area contributed by atoms with Crippen molar-refractivity contribution in [2.75, 3.05) is 6.54 Å². The van der Waals surface area contributed by atoms with Gasteiger partial charge in [-0.3, -0.25) is 14.4 Å². The Balaban J connectivity index is 2.34. The van der Waals surface area contributed by atoms with Gasteiger partial charge in [0.1, 0.15) is 0 Å². The highest BCUT2D eigenvalue weighted by molar-refractivity contribution is 5.96. The number of hydrogen-bond acceptors (Lipinski definition) is 3. The monoisotopic (exact) mass is 235 g/mol. The summed E-state index contributed by atoms with van der Waals surface area (Å²) in [5, 5.41) is 10.8. The zero-order chi connectivity index (χ0) is 12.7. The topological polar surface area (TPSA) is 83.5 Å². The number of carbonyl (C=O) groups is 3. The highest BCUT2D eigenvalue weighted by atomic mass is 16.4. The zero-order valence-electron chi connectivity index (χ0n) is 9.18. The molecular weight excluding hydrogens is 222 g/mol. The highest BCUT2D eigenvalue weighted by Gasteiger charge is 2.08. The van der Waals surface area contributed by atoms with E-state index < -0.39 is 5.97 Å². The van der Waals surface area contributed by atoms with Crippen LogP contribution in [0, 0.1) is 0 Å². The van der Waals surface area contributed by atoms with Crippen molar-refractivity contribution in [3.63, 3.8) is 0 Å². The van der Waals surface area contributed by atoms with Gasteiger partial charge in [0, 0.05) is 12.0 Å². The minimum absolute atomic E-state index is 0.0651. The Morgan fingerprint density at radius 2 is 1.71 bits per heavy atom. The number of benzene rings is 1. The summed E-state index contributed by atoms with van der Waals surface area (Å²) < 4.78 is 0. The van der Waals surface area contributed by atoms with Crippen molar-refractivity contribution in [1.82, 2.24) is 5.32 Å². The lowest BCUT2D eigenvalue weighted by Gasteiger charge is -2.03. The zero-order valence-corrected chi connectivity index (χ0v) is 9.18. The smallest absolute Gasteiger partial charge is 0.303 e. The first-order valence-corrected chi connectivity index (χ1v) is 5.16. The lowest BCUT2D eigenvalue weighted by molar-refractivity contribution is -0.138. The van der Waals surface area contributed by atoms with Gasteiger partial charge < -0.3 is 10.4 Å². The lowest BCUT2D eigenvalue weighted by Crippen LogP contribution is -2.29. The van der Waals surface area contributed by atoms with Gasteiger partial charge in [-0.2, -0.15) is 0 Å². The third-order valence-corrected chi connectivity index (χ3v) is 2.10. The average molecular weight is 235 g/mol. The fourth-order valence-electron chi connectivity index (χ4n) is 1.21. The van der Waals surface area contributed by atoms with Crippen LogP contribution in [0.4, 0.5) is 0 Å². The maximum absolute atomic E-state index is 11.5. The summed E-state index contributed by atoms with van der Waals surface area (Å²) in [6.07, 6.45) is -0.273. The lowest BCUT2D eigenvalue weighted by atomic mass is 10.2. The molecule has 1 rings (SSSR count). The molecule has 0 fully saturated rings. The Bertz CT molecular complexity index is 414. The van der Waals surface area contributed by atoms with E-state index in [1.165, 1.54) is 0 Å². The van der Waals surface area contributed by atoms with Gasteiger partial charge >= 0.3 is 5.97 Å². The molecule has 5 heteroatoms. The SMILES string of the molecule is O=C(O)CCC(=O)CNC(=O)c1ccccc1. The molecule has 2 N–H and O–H groups in total. The predicted octanol–water partition coefficient (Wildman–Crippen LogP) is 0.850. The number of carboxylic acids is 1. The van der Waals surface area contributed by atoms with Crippen molar-refractivity contribution in [2.24, 2.45) is 0 Å². The fraction of sp³-hybridized carbons (Fsp3) is 0.250. The summed E-state index contributed by atoms with van der Waals surface area (Å²) in [7, 11) is 0. The Morgan fingerprint density at radius 3 is 2.29 bits per heavy atom. The van der Waals surface area contributed by atoms with Gasteiger partial charge in [-0.25, -0.2) is 0 Å². The third kappa shape index (κ3) is 4.92. The van der Waals surface area contributed by atoms with Crippen LogP contribution >= 0.6 is 0 Å². The first-order chi connectivity index (χ1) is 8.09. The molecule has 0 atom stereocenters.